The molecule has 0 aromatic heterocycles. The van der Waals surface area contributed by atoms with E-state index in [0.29, 0.717) is 16.5 Å². The molecule has 6 heteroatoms. The van der Waals surface area contributed by atoms with Gasteiger partial charge in [-0.1, -0.05) is 30.1 Å². The highest BCUT2D eigenvalue weighted by molar-refractivity contribution is 7.90. The third-order valence-corrected chi connectivity index (χ3v) is 4.12. The molecule has 0 aliphatic rings. The van der Waals surface area contributed by atoms with Gasteiger partial charge in [-0.25, -0.2) is 8.42 Å². The van der Waals surface area contributed by atoms with Crippen molar-refractivity contribution in [1.29, 1.82) is 0 Å². The van der Waals surface area contributed by atoms with Gasteiger partial charge in [0.05, 0.1) is 5.75 Å². The third kappa shape index (κ3) is 6.61. The Morgan fingerprint density at radius 3 is 2.26 bits per heavy atom. The minimum absolute atomic E-state index is 0.0501. The van der Waals surface area contributed by atoms with Gasteiger partial charge in [0.15, 0.2) is 0 Å². The van der Waals surface area contributed by atoms with Gasteiger partial charge in [0.2, 0.25) is 0 Å². The monoisotopic (exact) mass is 323 g/mol. The average molecular weight is 324 g/mol. The fraction of sp³-hybridized carbons (Fsp3) is 0.538. The molecule has 0 fully saturated rings. The minimum Gasteiger partial charge on any atom is -0.310 e. The largest absolute Gasteiger partial charge is 0.310 e. The molecule has 0 spiro atoms. The molecule has 19 heavy (non-hydrogen) atoms. The maximum absolute atomic E-state index is 11.3. The van der Waals surface area contributed by atoms with Gasteiger partial charge >= 0.3 is 0 Å². The maximum atomic E-state index is 11.3. The molecule has 1 N–H and O–H groups in total. The Balaban J connectivity index is 2.88. The van der Waals surface area contributed by atoms with E-state index in [4.69, 9.17) is 23.2 Å². The highest BCUT2D eigenvalue weighted by atomic mass is 35.5. The van der Waals surface area contributed by atoms with E-state index in [-0.39, 0.29) is 11.8 Å². The van der Waals surface area contributed by atoms with Gasteiger partial charge < -0.3 is 5.32 Å². The summed E-state index contributed by atoms with van der Waals surface area (Å²) in [7, 11) is -2.98. The lowest BCUT2D eigenvalue weighted by Gasteiger charge is -2.19. The topological polar surface area (TPSA) is 46.2 Å². The molecule has 1 atom stereocenters. The predicted molar refractivity (Wildman–Crippen MR) is 81.8 cm³/mol. The minimum atomic E-state index is -2.98. The molecule has 0 saturated heterocycles. The summed E-state index contributed by atoms with van der Waals surface area (Å²) >= 11 is 12.0. The van der Waals surface area contributed by atoms with Gasteiger partial charge in [-0.15, -0.1) is 0 Å². The van der Waals surface area contributed by atoms with E-state index in [1.807, 2.05) is 12.1 Å². The number of hydrogen-bond donors (Lipinski definition) is 1. The van der Waals surface area contributed by atoms with Crippen molar-refractivity contribution in [3.63, 3.8) is 0 Å². The summed E-state index contributed by atoms with van der Waals surface area (Å²) in [5, 5.41) is 4.45. The number of halogens is 2. The van der Waals surface area contributed by atoms with Crippen molar-refractivity contribution in [3.8, 4) is 0 Å². The van der Waals surface area contributed by atoms with Gasteiger partial charge in [0.1, 0.15) is 9.84 Å². The van der Waals surface area contributed by atoms with Crippen molar-refractivity contribution in [1.82, 2.24) is 5.32 Å². The molecule has 0 aliphatic carbocycles. The molecule has 0 saturated carbocycles. The highest BCUT2D eigenvalue weighted by Crippen LogP contribution is 2.25. The molecule has 0 bridgehead atoms. The van der Waals surface area contributed by atoms with Crippen LogP contribution in [0.4, 0.5) is 0 Å². The van der Waals surface area contributed by atoms with Crippen LogP contribution in [-0.2, 0) is 9.84 Å². The summed E-state index contributed by atoms with van der Waals surface area (Å²) in [6, 6.07) is 5.26. The van der Waals surface area contributed by atoms with Crippen LogP contribution < -0.4 is 5.32 Å². The van der Waals surface area contributed by atoms with Gasteiger partial charge in [-0.2, -0.15) is 0 Å². The molecule has 1 unspecified atom stereocenters. The highest BCUT2D eigenvalue weighted by Gasteiger charge is 2.15. The van der Waals surface area contributed by atoms with E-state index in [1.165, 1.54) is 6.26 Å². The molecule has 1 aromatic rings. The second-order valence-electron chi connectivity index (χ2n) is 4.63. The molecule has 108 valence electrons. The fourth-order valence-electron chi connectivity index (χ4n) is 1.81. The van der Waals surface area contributed by atoms with E-state index in [9.17, 15) is 8.42 Å². The SMILES string of the molecule is CCCNC(CCS(C)(=O)=O)c1cc(Cl)cc(Cl)c1. The number of hydrogen-bond acceptors (Lipinski definition) is 3. The van der Waals surface area contributed by atoms with Gasteiger partial charge in [-0.3, -0.25) is 0 Å². The summed E-state index contributed by atoms with van der Waals surface area (Å²) in [5.41, 5.74) is 0.926. The van der Waals surface area contributed by atoms with Crippen LogP contribution in [0, 0.1) is 0 Å². The Kier molecular flexibility index (Phi) is 6.60. The summed E-state index contributed by atoms with van der Waals surface area (Å²) in [5.74, 6) is 0.137. The Morgan fingerprint density at radius 2 is 1.79 bits per heavy atom. The number of nitrogens with one attached hydrogen (secondary N) is 1. The molecule has 0 heterocycles. The lowest BCUT2D eigenvalue weighted by molar-refractivity contribution is 0.513. The smallest absolute Gasteiger partial charge is 0.147 e. The normalized spacial score (nSPS) is 13.5. The van der Waals surface area contributed by atoms with Gasteiger partial charge in [0.25, 0.3) is 0 Å². The van der Waals surface area contributed by atoms with E-state index in [1.54, 1.807) is 6.07 Å². The van der Waals surface area contributed by atoms with E-state index < -0.39 is 9.84 Å². The molecular weight excluding hydrogens is 305 g/mol. The van der Waals surface area contributed by atoms with Crippen LogP contribution in [0.1, 0.15) is 31.4 Å². The lowest BCUT2D eigenvalue weighted by Crippen LogP contribution is -2.24. The van der Waals surface area contributed by atoms with Crippen LogP contribution >= 0.6 is 23.2 Å². The van der Waals surface area contributed by atoms with Crippen molar-refractivity contribution >= 4 is 33.0 Å². The summed E-state index contributed by atoms with van der Waals surface area (Å²) in [6.07, 6.45) is 2.73. The predicted octanol–water partition coefficient (Wildman–Crippen LogP) is 3.47. The first kappa shape index (κ1) is 16.8. The quantitative estimate of drug-likeness (QED) is 0.835. The average Bonchev–Trinajstić information content (AvgIpc) is 2.26. The van der Waals surface area contributed by atoms with Crippen molar-refractivity contribution in [2.75, 3.05) is 18.6 Å². The second-order valence-corrected chi connectivity index (χ2v) is 7.76. The zero-order valence-corrected chi connectivity index (χ0v) is 13.4. The van der Waals surface area contributed by atoms with E-state index >= 15 is 0 Å². The van der Waals surface area contributed by atoms with Crippen molar-refractivity contribution in [2.45, 2.75) is 25.8 Å². The third-order valence-electron chi connectivity index (χ3n) is 2.71. The molecule has 1 aromatic carbocycles. The molecule has 0 aliphatic heterocycles. The van der Waals surface area contributed by atoms with Gasteiger partial charge in [0, 0.05) is 22.3 Å². The lowest BCUT2D eigenvalue weighted by atomic mass is 10.0. The van der Waals surface area contributed by atoms with E-state index in [0.717, 1.165) is 18.5 Å². The molecule has 0 radical (unpaired) electrons. The first-order chi connectivity index (χ1) is 8.81. The zero-order valence-electron chi connectivity index (χ0n) is 11.1. The standard InChI is InChI=1S/C13H19Cl2NO2S/c1-3-5-16-13(4-6-19(2,17)18)10-7-11(14)9-12(15)8-10/h7-9,13,16H,3-6H2,1-2H3. The van der Waals surface area contributed by atoms with Crippen LogP contribution in [0.2, 0.25) is 10.0 Å². The zero-order chi connectivity index (χ0) is 14.5. The molecular formula is C13H19Cl2NO2S. The number of sulfone groups is 1. The Labute approximate surface area is 125 Å². The van der Waals surface area contributed by atoms with E-state index in [2.05, 4.69) is 12.2 Å². The molecule has 1 rings (SSSR count). The summed E-state index contributed by atoms with van der Waals surface area (Å²) in [6.45, 7) is 2.88. The number of benzene rings is 1. The van der Waals surface area contributed by atoms with Crippen molar-refractivity contribution < 1.29 is 8.42 Å². The molecule has 3 nitrogen and oxygen atoms in total. The first-order valence-electron chi connectivity index (χ1n) is 6.19. The maximum Gasteiger partial charge on any atom is 0.147 e. The van der Waals surface area contributed by atoms with Crippen LogP contribution in [0.5, 0.6) is 0 Å². The Morgan fingerprint density at radius 1 is 1.21 bits per heavy atom. The summed E-state index contributed by atoms with van der Waals surface area (Å²) in [4.78, 5) is 0. The van der Waals surface area contributed by atoms with Crippen LogP contribution in [0.15, 0.2) is 18.2 Å². The van der Waals surface area contributed by atoms with Crippen molar-refractivity contribution in [2.24, 2.45) is 0 Å². The Bertz CT molecular complexity index is 497. The van der Waals surface area contributed by atoms with Gasteiger partial charge in [-0.05, 0) is 43.1 Å². The van der Waals surface area contributed by atoms with Crippen LogP contribution in [-0.4, -0.2) is 27.0 Å². The van der Waals surface area contributed by atoms with Crippen LogP contribution in [0.3, 0.4) is 0 Å². The first-order valence-corrected chi connectivity index (χ1v) is 9.00. The summed E-state index contributed by atoms with van der Waals surface area (Å²) < 4.78 is 22.6. The molecule has 0 amide bonds. The number of rotatable bonds is 7. The van der Waals surface area contributed by atoms with Crippen molar-refractivity contribution in [3.05, 3.63) is 33.8 Å². The Hall–Kier alpha value is -0.290. The fourth-order valence-corrected chi connectivity index (χ4v) is 3.02. The second kappa shape index (κ2) is 7.48. The van der Waals surface area contributed by atoms with Crippen LogP contribution in [0.25, 0.3) is 0 Å².